The fraction of sp³-hybridized carbons (Fsp3) is 0.182. The molecule has 0 spiro atoms. The zero-order valence-corrected chi connectivity index (χ0v) is 18.9. The predicted octanol–water partition coefficient (Wildman–Crippen LogP) is 5.21. The van der Waals surface area contributed by atoms with Crippen LogP contribution in [0.4, 0.5) is 10.5 Å². The van der Waals surface area contributed by atoms with E-state index in [0.29, 0.717) is 46.5 Å². The zero-order valence-electron chi connectivity index (χ0n) is 17.2. The first kappa shape index (κ1) is 22.6. The molecule has 170 valence electrons. The Bertz CT molecular complexity index is 1290. The summed E-state index contributed by atoms with van der Waals surface area (Å²) in [7, 11) is 0. The maximum absolute atomic E-state index is 13.0. The number of carbonyl (C=O) groups is 2. The molecule has 0 atom stereocenters. The van der Waals surface area contributed by atoms with E-state index in [0.717, 1.165) is 10.2 Å². The highest BCUT2D eigenvalue weighted by Gasteiger charge is 2.19. The van der Waals surface area contributed by atoms with Crippen LogP contribution in [-0.2, 0) is 4.79 Å². The monoisotopic (exact) mass is 485 g/mol. The topological polar surface area (TPSA) is 126 Å². The van der Waals surface area contributed by atoms with Crippen molar-refractivity contribution in [1.29, 1.82) is 0 Å². The summed E-state index contributed by atoms with van der Waals surface area (Å²) in [6, 6.07) is 13.4. The van der Waals surface area contributed by atoms with Crippen LogP contribution in [0, 0.1) is 0 Å². The predicted molar refractivity (Wildman–Crippen MR) is 125 cm³/mol. The van der Waals surface area contributed by atoms with Crippen molar-refractivity contribution in [2.24, 2.45) is 0 Å². The van der Waals surface area contributed by atoms with Gasteiger partial charge in [0.2, 0.25) is 0 Å². The molecule has 2 heterocycles. The molecule has 2 aromatic heterocycles. The fourth-order valence-corrected chi connectivity index (χ4v) is 4.33. The summed E-state index contributed by atoms with van der Waals surface area (Å²) in [6.45, 7) is 0.291. The molecule has 2 N–H and O–H groups in total. The van der Waals surface area contributed by atoms with Gasteiger partial charge in [-0.2, -0.15) is 0 Å². The number of aliphatic carboxylic acids is 1. The molecule has 11 heteroatoms. The number of fused-ring (bicyclic) bond motifs is 1. The highest BCUT2D eigenvalue weighted by molar-refractivity contribution is 7.82. The molecule has 0 unspecified atom stereocenters. The van der Waals surface area contributed by atoms with E-state index in [1.54, 1.807) is 36.4 Å². The van der Waals surface area contributed by atoms with Crippen LogP contribution in [0.25, 0.3) is 21.5 Å². The van der Waals surface area contributed by atoms with Gasteiger partial charge < -0.3 is 19.5 Å². The lowest BCUT2D eigenvalue weighted by atomic mass is 10.2. The summed E-state index contributed by atoms with van der Waals surface area (Å²) in [5.74, 6) is -0.398. The summed E-state index contributed by atoms with van der Waals surface area (Å²) in [5, 5.41) is 21.6. The van der Waals surface area contributed by atoms with Gasteiger partial charge in [-0.3, -0.25) is 9.69 Å². The molecule has 0 saturated heterocycles. The summed E-state index contributed by atoms with van der Waals surface area (Å²) >= 11 is 5.68. The van der Waals surface area contributed by atoms with Gasteiger partial charge in [0.25, 0.3) is 5.88 Å². The quantitative estimate of drug-likeness (QED) is 0.229. The largest absolute Gasteiger partial charge is 0.491 e. The molecule has 0 aliphatic rings. The molecule has 0 bridgehead atoms. The van der Waals surface area contributed by atoms with Gasteiger partial charge in [0.15, 0.2) is 5.76 Å². The number of carboxylic acids is 1. The van der Waals surface area contributed by atoms with Gasteiger partial charge in [-0.25, -0.2) is 9.78 Å². The smallest absolute Gasteiger partial charge is 0.419 e. The molecule has 0 aliphatic heterocycles. The minimum absolute atomic E-state index is 0.0262. The molecule has 2 aromatic carbocycles. The van der Waals surface area contributed by atoms with E-state index in [-0.39, 0.29) is 12.3 Å². The first-order valence-corrected chi connectivity index (χ1v) is 11.2. The van der Waals surface area contributed by atoms with Crippen molar-refractivity contribution in [2.45, 2.75) is 23.6 Å². The Kier molecular flexibility index (Phi) is 6.80. The fourth-order valence-electron chi connectivity index (χ4n) is 3.19. The van der Waals surface area contributed by atoms with Gasteiger partial charge in [0.05, 0.1) is 10.2 Å². The Morgan fingerprint density at radius 1 is 1.12 bits per heavy atom. The minimum atomic E-state index is -0.878. The van der Waals surface area contributed by atoms with Crippen LogP contribution in [0.3, 0.4) is 0 Å². The van der Waals surface area contributed by atoms with Gasteiger partial charge in [-0.15, -0.1) is 24.0 Å². The molecule has 33 heavy (non-hydrogen) atoms. The van der Waals surface area contributed by atoms with Crippen molar-refractivity contribution in [2.75, 3.05) is 11.4 Å². The lowest BCUT2D eigenvalue weighted by Gasteiger charge is -2.22. The first-order valence-electron chi connectivity index (χ1n) is 9.96. The summed E-state index contributed by atoms with van der Waals surface area (Å²) in [6.07, 6.45) is 0.360. The molecule has 4 rings (SSSR count). The number of hydrogen-bond acceptors (Lipinski definition) is 9. The number of rotatable bonds is 8. The van der Waals surface area contributed by atoms with Crippen LogP contribution < -0.4 is 9.64 Å². The summed E-state index contributed by atoms with van der Waals surface area (Å²) < 4.78 is 12.1. The molecule has 1 amide bonds. The zero-order chi connectivity index (χ0) is 23.4. The van der Waals surface area contributed by atoms with Crippen LogP contribution in [0.5, 0.6) is 11.6 Å². The number of unbranched alkanes of at least 4 members (excludes halogenated alkanes) is 1. The van der Waals surface area contributed by atoms with E-state index in [1.165, 1.54) is 22.3 Å². The number of aromatic nitrogens is 2. The number of thiol groups is 1. The Hall–Kier alpha value is -3.57. The van der Waals surface area contributed by atoms with Crippen molar-refractivity contribution >= 4 is 51.9 Å². The number of benzene rings is 2. The van der Waals surface area contributed by atoms with Gasteiger partial charge in [0.1, 0.15) is 10.1 Å². The van der Waals surface area contributed by atoms with Gasteiger partial charge in [0, 0.05) is 30.3 Å². The average Bonchev–Trinajstić information content (AvgIpc) is 3.38. The molecule has 0 fully saturated rings. The number of amides is 1. The number of thiazole rings is 1. The third-order valence-corrected chi connectivity index (χ3v) is 5.95. The Morgan fingerprint density at radius 2 is 1.91 bits per heavy atom. The molecule has 0 radical (unpaired) electrons. The lowest BCUT2D eigenvalue weighted by molar-refractivity contribution is -0.137. The SMILES string of the molecule is O=C(O)CCCCN(C(=O)Oc1ccc(-c2cc(O)no2)cc1)c1ccc2nc(S)sc2c1. The molecule has 0 aliphatic carbocycles. The van der Waals surface area contributed by atoms with Crippen molar-refractivity contribution in [3.05, 3.63) is 48.5 Å². The van der Waals surface area contributed by atoms with Crippen LogP contribution in [-0.4, -0.2) is 39.0 Å². The normalized spacial score (nSPS) is 10.9. The number of carbonyl (C=O) groups excluding carboxylic acids is 1. The number of hydrogen-bond donors (Lipinski definition) is 3. The second kappa shape index (κ2) is 9.92. The number of nitrogens with zero attached hydrogens (tertiary/aromatic N) is 3. The number of carboxylic acid groups (broad SMARTS) is 1. The van der Waals surface area contributed by atoms with E-state index in [9.17, 15) is 14.7 Å². The first-order chi connectivity index (χ1) is 15.9. The lowest BCUT2D eigenvalue weighted by Crippen LogP contribution is -2.34. The molecule has 9 nitrogen and oxygen atoms in total. The summed E-state index contributed by atoms with van der Waals surface area (Å²) in [5.41, 5.74) is 2.06. The Labute approximate surface area is 197 Å². The second-order valence-electron chi connectivity index (χ2n) is 7.09. The van der Waals surface area contributed by atoms with Crippen molar-refractivity contribution in [3.63, 3.8) is 0 Å². The number of aromatic hydroxyl groups is 1. The standard InChI is InChI=1S/C22H19N3O6S2/c26-19-12-17(31-24-19)13-4-7-15(8-5-13)30-22(29)25(10-2-1-3-20(27)28)14-6-9-16-18(11-14)33-21(32)23-16/h4-9,11-12H,1-3,10H2,(H,23,32)(H,24,26)(H,27,28). The van der Waals surface area contributed by atoms with Crippen LogP contribution in [0.15, 0.2) is 57.4 Å². The van der Waals surface area contributed by atoms with E-state index in [1.807, 2.05) is 6.07 Å². The number of anilines is 1. The third kappa shape index (κ3) is 5.62. The number of ether oxygens (including phenoxy) is 1. The van der Waals surface area contributed by atoms with E-state index in [2.05, 4.69) is 22.8 Å². The minimum Gasteiger partial charge on any atom is -0.491 e. The second-order valence-corrected chi connectivity index (χ2v) is 8.85. The van der Waals surface area contributed by atoms with Crippen molar-refractivity contribution < 1.29 is 29.1 Å². The highest BCUT2D eigenvalue weighted by Crippen LogP contribution is 2.30. The summed E-state index contributed by atoms with van der Waals surface area (Å²) in [4.78, 5) is 29.7. The Morgan fingerprint density at radius 3 is 2.61 bits per heavy atom. The third-order valence-electron chi connectivity index (χ3n) is 4.76. The average molecular weight is 486 g/mol. The Balaban J connectivity index is 1.52. The highest BCUT2D eigenvalue weighted by atomic mass is 32.2. The van der Waals surface area contributed by atoms with E-state index in [4.69, 9.17) is 14.4 Å². The molecule has 0 saturated carbocycles. The van der Waals surface area contributed by atoms with Crippen molar-refractivity contribution in [1.82, 2.24) is 10.1 Å². The van der Waals surface area contributed by atoms with Crippen LogP contribution in [0.2, 0.25) is 0 Å². The van der Waals surface area contributed by atoms with Crippen molar-refractivity contribution in [3.8, 4) is 23.0 Å². The van der Waals surface area contributed by atoms with Crippen LogP contribution in [0.1, 0.15) is 19.3 Å². The van der Waals surface area contributed by atoms with Gasteiger partial charge in [-0.05, 0) is 60.5 Å². The maximum Gasteiger partial charge on any atom is 0.419 e. The van der Waals surface area contributed by atoms with Crippen LogP contribution >= 0.6 is 24.0 Å². The molecule has 4 aromatic rings. The molecular formula is C22H19N3O6S2. The van der Waals surface area contributed by atoms with Gasteiger partial charge >= 0.3 is 12.1 Å². The molecular weight excluding hydrogens is 466 g/mol. The van der Waals surface area contributed by atoms with Gasteiger partial charge in [-0.1, -0.05) is 0 Å². The maximum atomic E-state index is 13.0. The van der Waals surface area contributed by atoms with E-state index >= 15 is 0 Å². The van der Waals surface area contributed by atoms with E-state index < -0.39 is 12.1 Å².